The molecule has 33 heavy (non-hydrogen) atoms. The predicted octanol–water partition coefficient (Wildman–Crippen LogP) is 2.71. The molecule has 0 spiro atoms. The number of hydrogen-bond acceptors (Lipinski definition) is 9. The van der Waals surface area contributed by atoms with Crippen LogP contribution in [0.25, 0.3) is 0 Å². The zero-order chi connectivity index (χ0) is 25.5. The Kier molecular flexibility index (Phi) is 9.74. The summed E-state index contributed by atoms with van der Waals surface area (Å²) in [6.45, 7) is 7.32. The van der Waals surface area contributed by atoms with Gasteiger partial charge >= 0.3 is 11.9 Å². The van der Waals surface area contributed by atoms with Crippen molar-refractivity contribution in [2.24, 2.45) is 5.92 Å². The molecule has 0 amide bonds. The lowest BCUT2D eigenvalue weighted by Gasteiger charge is -2.30. The van der Waals surface area contributed by atoms with Crippen molar-refractivity contribution in [3.63, 3.8) is 0 Å². The molecule has 0 aliphatic carbocycles. The minimum absolute atomic E-state index is 0.114. The number of esters is 2. The number of rotatable bonds is 6. The van der Waals surface area contributed by atoms with Gasteiger partial charge in [0.1, 0.15) is 0 Å². The van der Waals surface area contributed by atoms with Crippen LogP contribution < -0.4 is 5.32 Å². The molecule has 2 N–H and O–H groups in total. The largest absolute Gasteiger partial charge is 0.466 e. The van der Waals surface area contributed by atoms with Crippen molar-refractivity contribution in [3.05, 3.63) is 62.5 Å². The fraction of sp³-hybridized carbons (Fsp3) is 0.429. The summed E-state index contributed by atoms with van der Waals surface area (Å²) in [7, 11) is -2.44. The minimum Gasteiger partial charge on any atom is -0.466 e. The highest BCUT2D eigenvalue weighted by atomic mass is 32.2. The third-order valence-corrected chi connectivity index (χ3v) is 4.38. The maximum absolute atomic E-state index is 12.9. The molecule has 1 aromatic rings. The van der Waals surface area contributed by atoms with E-state index in [-0.39, 0.29) is 34.9 Å². The smallest absolute Gasteiger partial charge is 0.336 e. The van der Waals surface area contributed by atoms with Gasteiger partial charge in [0.15, 0.2) is 0 Å². The number of nitrogens with one attached hydrogen (secondary N) is 1. The summed E-state index contributed by atoms with van der Waals surface area (Å²) < 4.78 is 36.1. The molecule has 2 rings (SSSR count). The molecule has 1 aliphatic heterocycles. The monoisotopic (exact) mass is 484 g/mol. The topological polar surface area (TPSA) is 162 Å². The van der Waals surface area contributed by atoms with Gasteiger partial charge in [0.2, 0.25) is 0 Å². The number of carbonyl (C=O) groups is 2. The van der Waals surface area contributed by atoms with Crippen LogP contribution in [0.15, 0.2) is 46.8 Å². The van der Waals surface area contributed by atoms with Crippen LogP contribution >= 0.6 is 0 Å². The lowest BCUT2D eigenvalue weighted by Crippen LogP contribution is -2.32. The van der Waals surface area contributed by atoms with Gasteiger partial charge in [0, 0.05) is 23.0 Å². The second-order valence-electron chi connectivity index (χ2n) is 7.67. The molecule has 1 aromatic carbocycles. The Morgan fingerprint density at radius 1 is 1.15 bits per heavy atom. The van der Waals surface area contributed by atoms with Crippen molar-refractivity contribution in [2.75, 3.05) is 20.0 Å². The summed E-state index contributed by atoms with van der Waals surface area (Å²) in [5, 5.41) is 14.6. The van der Waals surface area contributed by atoms with Crippen LogP contribution in [0.2, 0.25) is 0 Å². The van der Waals surface area contributed by atoms with Crippen LogP contribution in [0.5, 0.6) is 0 Å². The molecule has 0 bridgehead atoms. The van der Waals surface area contributed by atoms with Gasteiger partial charge in [-0.05, 0) is 19.8 Å². The molecule has 0 aromatic heterocycles. The van der Waals surface area contributed by atoms with Gasteiger partial charge < -0.3 is 14.8 Å². The second kappa shape index (κ2) is 11.6. The Bertz CT molecular complexity index is 1080. The average molecular weight is 485 g/mol. The predicted molar refractivity (Wildman–Crippen MR) is 120 cm³/mol. The molecular weight excluding hydrogens is 456 g/mol. The highest BCUT2D eigenvalue weighted by Crippen LogP contribution is 2.42. The third kappa shape index (κ3) is 7.99. The Morgan fingerprint density at radius 3 is 2.09 bits per heavy atom. The highest BCUT2D eigenvalue weighted by Gasteiger charge is 2.40. The van der Waals surface area contributed by atoms with E-state index >= 15 is 0 Å². The number of dihydropyridines is 1. The van der Waals surface area contributed by atoms with E-state index in [1.807, 2.05) is 13.8 Å². The second-order valence-corrected chi connectivity index (χ2v) is 9.13. The molecule has 1 atom stereocenters. The van der Waals surface area contributed by atoms with Crippen molar-refractivity contribution >= 4 is 27.7 Å². The number of para-hydroxylation sites is 1. The number of carbonyl (C=O) groups excluding carboxylic acids is 2. The van der Waals surface area contributed by atoms with Crippen molar-refractivity contribution in [2.45, 2.75) is 33.6 Å². The summed E-state index contributed by atoms with van der Waals surface area (Å²) in [4.78, 5) is 36.5. The Hall–Kier alpha value is -3.25. The first-order valence-corrected chi connectivity index (χ1v) is 11.6. The molecule has 12 heteroatoms. The summed E-state index contributed by atoms with van der Waals surface area (Å²) in [6.07, 6.45) is 0.715. The van der Waals surface area contributed by atoms with Crippen LogP contribution in [-0.4, -0.2) is 49.8 Å². The van der Waals surface area contributed by atoms with E-state index in [9.17, 15) is 28.1 Å². The van der Waals surface area contributed by atoms with Crippen LogP contribution in [0, 0.1) is 16.0 Å². The normalized spacial score (nSPS) is 15.9. The number of methoxy groups -OCH3 is 1. The van der Waals surface area contributed by atoms with Crippen molar-refractivity contribution in [3.8, 4) is 0 Å². The molecule has 1 unspecified atom stereocenters. The van der Waals surface area contributed by atoms with E-state index < -0.39 is 32.9 Å². The van der Waals surface area contributed by atoms with Crippen LogP contribution in [0.3, 0.4) is 0 Å². The first-order chi connectivity index (χ1) is 15.2. The maximum Gasteiger partial charge on any atom is 0.336 e. The van der Waals surface area contributed by atoms with E-state index in [2.05, 4.69) is 5.32 Å². The summed E-state index contributed by atoms with van der Waals surface area (Å²) >= 11 is 0. The lowest BCUT2D eigenvalue weighted by molar-refractivity contribution is -0.385. The first kappa shape index (κ1) is 27.8. The van der Waals surface area contributed by atoms with Gasteiger partial charge in [-0.25, -0.2) is 9.59 Å². The average Bonchev–Trinajstić information content (AvgIpc) is 2.69. The third-order valence-electron chi connectivity index (χ3n) is 4.38. The van der Waals surface area contributed by atoms with E-state index in [0.29, 0.717) is 17.6 Å². The molecule has 11 nitrogen and oxygen atoms in total. The van der Waals surface area contributed by atoms with Gasteiger partial charge in [0.25, 0.3) is 15.8 Å². The number of nitro groups is 1. The number of benzene rings is 1. The zero-order valence-electron chi connectivity index (χ0n) is 19.2. The number of nitrogens with zero attached hydrogens (tertiary/aromatic N) is 1. The van der Waals surface area contributed by atoms with Gasteiger partial charge in [0.05, 0.1) is 42.0 Å². The number of allylic oxidation sites excluding steroid dienone is 2. The number of hydrogen-bond donors (Lipinski definition) is 2. The highest BCUT2D eigenvalue weighted by molar-refractivity contribution is 7.85. The van der Waals surface area contributed by atoms with Gasteiger partial charge in [-0.15, -0.1) is 0 Å². The van der Waals surface area contributed by atoms with Gasteiger partial charge in [-0.3, -0.25) is 14.7 Å². The van der Waals surface area contributed by atoms with Crippen LogP contribution in [-0.2, 0) is 29.2 Å². The molecule has 0 saturated carbocycles. The molecule has 0 saturated heterocycles. The van der Waals surface area contributed by atoms with Crippen LogP contribution in [0.4, 0.5) is 5.69 Å². The zero-order valence-corrected chi connectivity index (χ0v) is 20.1. The van der Waals surface area contributed by atoms with Crippen molar-refractivity contribution in [1.29, 1.82) is 0 Å². The summed E-state index contributed by atoms with van der Waals surface area (Å²) in [6, 6.07) is 6.03. The number of nitro benzene ring substituents is 1. The van der Waals surface area contributed by atoms with E-state index in [0.717, 1.165) is 0 Å². The standard InChI is InChI=1S/C20H24N2O6.CH4O3S/c1-11(2)10-28-20(24)17-13(4)21-12(3)16(19(23)27-5)18(17)14-8-6-7-9-15(14)22(25)26;1-5(2,3)4/h6-9,11,18,21H,10H2,1-5H3;1H3,(H,2,3,4). The fourth-order valence-electron chi connectivity index (χ4n) is 3.17. The Morgan fingerprint density at radius 2 is 1.64 bits per heavy atom. The number of ether oxygens (including phenoxy) is 2. The van der Waals surface area contributed by atoms with Crippen molar-refractivity contribution < 1.29 is 37.0 Å². The lowest BCUT2D eigenvalue weighted by atomic mass is 9.79. The maximum atomic E-state index is 12.9. The SMILES string of the molecule is COC(=O)C1=C(C)NC(C)=C(C(=O)OCC(C)C)C1c1ccccc1[N+](=O)[O-].CS(=O)(=O)O. The quantitative estimate of drug-likeness (QED) is 0.266. The van der Waals surface area contributed by atoms with Gasteiger partial charge in [-0.2, -0.15) is 8.42 Å². The molecule has 182 valence electrons. The Labute approximate surface area is 192 Å². The van der Waals surface area contributed by atoms with Gasteiger partial charge in [-0.1, -0.05) is 32.0 Å². The molecule has 1 heterocycles. The van der Waals surface area contributed by atoms with E-state index in [4.69, 9.17) is 14.0 Å². The summed E-state index contributed by atoms with van der Waals surface area (Å²) in [5.74, 6) is -2.16. The molecule has 0 fully saturated rings. The fourth-order valence-corrected chi connectivity index (χ4v) is 3.17. The van der Waals surface area contributed by atoms with E-state index in [1.54, 1.807) is 19.9 Å². The molecular formula is C21H28N2O9S. The van der Waals surface area contributed by atoms with Crippen molar-refractivity contribution in [1.82, 2.24) is 5.32 Å². The van der Waals surface area contributed by atoms with Crippen LogP contribution in [0.1, 0.15) is 39.2 Å². The summed E-state index contributed by atoms with van der Waals surface area (Å²) in [5.41, 5.74) is 1.27. The molecule has 1 aliphatic rings. The molecule has 0 radical (unpaired) electrons. The Balaban J connectivity index is 0.000000981. The van der Waals surface area contributed by atoms with E-state index in [1.165, 1.54) is 25.3 Å². The first-order valence-electron chi connectivity index (χ1n) is 9.78. The minimum atomic E-state index is -3.67.